The number of carboxylic acids is 1. The highest BCUT2D eigenvalue weighted by atomic mass is 16.7. The Balaban J connectivity index is 2.27. The molecule has 1 unspecified atom stereocenters. The molecule has 312 valence electrons. The highest BCUT2D eigenvalue weighted by Gasteiger charge is 2.34. The SMILES string of the molecule is CCC(C)[C@H](NC(=O)[C@H](Cc1ccc(O)cc1)NC(=O)[C@@H](NC(=O)[C@H](CCCN/C(N)=N\[N+](=O)[O-])NC(=O)CN(C)C(=O)OCc1ccccc1)C(C)C)C(=O)O. The number of aromatic hydroxyl groups is 1. The summed E-state index contributed by atoms with van der Waals surface area (Å²) in [6.45, 7) is 6.15. The van der Waals surface area contributed by atoms with E-state index < -0.39 is 89.2 Å². The minimum absolute atomic E-state index is 0.00463. The third kappa shape index (κ3) is 16.8. The number of hydrogen-bond acceptors (Lipinski definition) is 10. The van der Waals surface area contributed by atoms with Crippen molar-refractivity contribution < 1.29 is 48.7 Å². The number of hydrogen-bond donors (Lipinski definition) is 8. The zero-order valence-corrected chi connectivity index (χ0v) is 32.6. The lowest BCUT2D eigenvalue weighted by Gasteiger charge is -2.29. The lowest BCUT2D eigenvalue weighted by Crippen LogP contribution is -2.60. The van der Waals surface area contributed by atoms with E-state index in [0.717, 1.165) is 10.5 Å². The quantitative estimate of drug-likeness (QED) is 0.0269. The molecule has 0 heterocycles. The Bertz CT molecular complexity index is 1710. The van der Waals surface area contributed by atoms with Gasteiger partial charge >= 0.3 is 12.1 Å². The minimum Gasteiger partial charge on any atom is -0.508 e. The molecule has 0 aliphatic carbocycles. The van der Waals surface area contributed by atoms with Crippen molar-refractivity contribution >= 4 is 41.7 Å². The largest absolute Gasteiger partial charge is 0.508 e. The van der Waals surface area contributed by atoms with Gasteiger partial charge in [-0.15, -0.1) is 0 Å². The molecule has 9 N–H and O–H groups in total. The van der Waals surface area contributed by atoms with Crippen molar-refractivity contribution in [1.29, 1.82) is 0 Å². The molecule has 5 atom stereocenters. The van der Waals surface area contributed by atoms with Crippen molar-refractivity contribution in [1.82, 2.24) is 31.5 Å². The first-order valence-electron chi connectivity index (χ1n) is 18.3. The third-order valence-electron chi connectivity index (χ3n) is 8.75. The van der Waals surface area contributed by atoms with Crippen LogP contribution in [-0.4, -0.2) is 106 Å². The highest BCUT2D eigenvalue weighted by molar-refractivity contribution is 5.95. The summed E-state index contributed by atoms with van der Waals surface area (Å²) < 4.78 is 5.25. The number of nitro groups is 1. The number of nitrogens with zero attached hydrogens (tertiary/aromatic N) is 3. The molecule has 0 saturated carbocycles. The number of aliphatic carboxylic acids is 1. The number of phenols is 1. The number of rotatable bonds is 22. The van der Waals surface area contributed by atoms with E-state index in [4.69, 9.17) is 10.5 Å². The van der Waals surface area contributed by atoms with Crippen molar-refractivity contribution in [2.24, 2.45) is 22.7 Å². The topological polar surface area (TPSA) is 297 Å². The van der Waals surface area contributed by atoms with Crippen LogP contribution in [-0.2, 0) is 41.7 Å². The van der Waals surface area contributed by atoms with E-state index in [-0.39, 0.29) is 38.2 Å². The maximum atomic E-state index is 13.8. The normalized spacial score (nSPS) is 13.8. The summed E-state index contributed by atoms with van der Waals surface area (Å²) in [5.74, 6) is -5.92. The molecule has 2 aromatic rings. The van der Waals surface area contributed by atoms with Gasteiger partial charge in [0.05, 0.1) is 0 Å². The summed E-state index contributed by atoms with van der Waals surface area (Å²) >= 11 is 0. The molecular weight excluding hydrogens is 746 g/mol. The molecule has 2 aromatic carbocycles. The molecule has 0 aliphatic heterocycles. The van der Waals surface area contributed by atoms with Crippen molar-refractivity contribution in [3.05, 3.63) is 75.8 Å². The molecule has 0 fully saturated rings. The molecule has 20 heteroatoms. The fourth-order valence-corrected chi connectivity index (χ4v) is 5.33. The van der Waals surface area contributed by atoms with Gasteiger partial charge in [0.2, 0.25) is 23.6 Å². The second kappa shape index (κ2) is 23.4. The van der Waals surface area contributed by atoms with E-state index in [1.54, 1.807) is 58.0 Å². The van der Waals surface area contributed by atoms with Gasteiger partial charge in [-0.25, -0.2) is 19.7 Å². The Hall–Kier alpha value is -6.47. The van der Waals surface area contributed by atoms with Crippen LogP contribution in [0.5, 0.6) is 5.75 Å². The molecule has 2 rings (SSSR count). The lowest BCUT2D eigenvalue weighted by molar-refractivity contribution is -0.485. The summed E-state index contributed by atoms with van der Waals surface area (Å²) in [6, 6.07) is 9.58. The average molecular weight is 800 g/mol. The van der Waals surface area contributed by atoms with Crippen LogP contribution in [0, 0.1) is 22.0 Å². The van der Waals surface area contributed by atoms with Gasteiger partial charge in [-0.1, -0.05) is 76.6 Å². The van der Waals surface area contributed by atoms with Gasteiger partial charge in [-0.2, -0.15) is 0 Å². The Labute approximate surface area is 330 Å². The number of amides is 5. The predicted octanol–water partition coefficient (Wildman–Crippen LogP) is 0.805. The van der Waals surface area contributed by atoms with Gasteiger partial charge in [-0.05, 0) is 47.9 Å². The van der Waals surface area contributed by atoms with E-state index in [2.05, 4.69) is 31.7 Å². The number of nitrogens with one attached hydrogen (secondary N) is 5. The average Bonchev–Trinajstić information content (AvgIpc) is 3.15. The van der Waals surface area contributed by atoms with E-state index in [1.807, 2.05) is 0 Å². The predicted molar refractivity (Wildman–Crippen MR) is 207 cm³/mol. The molecule has 0 aliphatic rings. The maximum absolute atomic E-state index is 13.8. The fraction of sp³-hybridized carbons (Fsp3) is 0.486. The third-order valence-corrected chi connectivity index (χ3v) is 8.75. The summed E-state index contributed by atoms with van der Waals surface area (Å²) in [6.07, 6.45) is -0.408. The standard InChI is InChI=1S/C37H53N9O11/c1-6-23(4)31(35(52)53)43-33(50)28(19-24-14-16-26(47)17-15-24)41-34(51)30(22(2)3)42-32(49)27(13-10-18-39-36(38)44-46(55)56)40-29(48)20-45(5)37(54)57-21-25-11-8-7-9-12-25/h7-9,11-12,14-17,22-23,27-28,30-31,47H,6,10,13,18-21H2,1-5H3,(H,40,48)(H,41,51)(H,42,49)(H,43,50)(H,52,53)(H3,38,39,44)/t23?,27-,28-,30-,31-/m0/s1. The number of hydrazone groups is 1. The van der Waals surface area contributed by atoms with E-state index in [1.165, 1.54) is 31.3 Å². The van der Waals surface area contributed by atoms with Crippen LogP contribution < -0.4 is 32.3 Å². The molecule has 0 spiro atoms. The number of carboxylic acid groups (broad SMARTS) is 1. The number of likely N-dealkylation sites (N-methyl/N-ethyl adjacent to an activating group) is 1. The zero-order chi connectivity index (χ0) is 42.7. The molecule has 5 amide bonds. The zero-order valence-electron chi connectivity index (χ0n) is 32.6. The number of guanidine groups is 1. The molecule has 0 aromatic heterocycles. The smallest absolute Gasteiger partial charge is 0.410 e. The van der Waals surface area contributed by atoms with Crippen molar-refractivity contribution in [3.63, 3.8) is 0 Å². The van der Waals surface area contributed by atoms with Gasteiger partial charge < -0.3 is 52.2 Å². The summed E-state index contributed by atoms with van der Waals surface area (Å²) in [5.41, 5.74) is 6.73. The number of carbonyl (C=O) groups excluding carboxylic acids is 5. The second-order valence-electron chi connectivity index (χ2n) is 13.7. The van der Waals surface area contributed by atoms with Crippen LogP contribution in [0.2, 0.25) is 0 Å². The Kier molecular flexibility index (Phi) is 19.2. The van der Waals surface area contributed by atoms with E-state index >= 15 is 0 Å². The number of phenolic OH excluding ortho intramolecular Hbond substituents is 1. The number of nitrogens with two attached hydrogens (primary N) is 1. The summed E-state index contributed by atoms with van der Waals surface area (Å²) in [7, 11) is 1.33. The first kappa shape index (κ1) is 46.7. The first-order valence-corrected chi connectivity index (χ1v) is 18.3. The molecule has 57 heavy (non-hydrogen) atoms. The van der Waals surface area contributed by atoms with Crippen LogP contribution in [0.3, 0.4) is 0 Å². The summed E-state index contributed by atoms with van der Waals surface area (Å²) in [4.78, 5) is 90.5. The monoisotopic (exact) mass is 799 g/mol. The van der Waals surface area contributed by atoms with Crippen LogP contribution in [0.25, 0.3) is 0 Å². The van der Waals surface area contributed by atoms with Crippen molar-refractivity contribution in [2.75, 3.05) is 20.1 Å². The number of carbonyl (C=O) groups is 6. The van der Waals surface area contributed by atoms with Gasteiger partial charge in [0.25, 0.3) is 5.96 Å². The molecule has 0 radical (unpaired) electrons. The summed E-state index contributed by atoms with van der Waals surface area (Å²) in [5, 5.41) is 44.9. The highest BCUT2D eigenvalue weighted by Crippen LogP contribution is 2.14. The van der Waals surface area contributed by atoms with Crippen molar-refractivity contribution in [2.45, 2.75) is 84.2 Å². The lowest BCUT2D eigenvalue weighted by atomic mass is 9.97. The van der Waals surface area contributed by atoms with Gasteiger partial charge in [-0.3, -0.25) is 19.2 Å². The first-order chi connectivity index (χ1) is 26.9. The Morgan fingerprint density at radius 1 is 0.877 bits per heavy atom. The van der Waals surface area contributed by atoms with Crippen LogP contribution in [0.1, 0.15) is 58.1 Å². The second-order valence-corrected chi connectivity index (χ2v) is 13.7. The number of ether oxygens (including phenoxy) is 1. The van der Waals surface area contributed by atoms with Gasteiger partial charge in [0.1, 0.15) is 48.2 Å². The molecule has 0 bridgehead atoms. The maximum Gasteiger partial charge on any atom is 0.410 e. The van der Waals surface area contributed by atoms with Gasteiger partial charge in [0, 0.05) is 20.0 Å². The van der Waals surface area contributed by atoms with Crippen molar-refractivity contribution in [3.8, 4) is 5.75 Å². The number of benzene rings is 2. The molecule has 20 nitrogen and oxygen atoms in total. The molecule has 0 saturated heterocycles. The minimum atomic E-state index is -1.31. The Morgan fingerprint density at radius 2 is 1.49 bits per heavy atom. The Morgan fingerprint density at radius 3 is 2.07 bits per heavy atom. The van der Waals surface area contributed by atoms with E-state index in [9.17, 15) is 49.1 Å². The van der Waals surface area contributed by atoms with E-state index in [0.29, 0.717) is 12.0 Å². The van der Waals surface area contributed by atoms with Gasteiger partial charge in [0.15, 0.2) is 5.03 Å². The van der Waals surface area contributed by atoms with Crippen LogP contribution in [0.15, 0.2) is 59.7 Å². The van der Waals surface area contributed by atoms with Crippen LogP contribution in [0.4, 0.5) is 4.79 Å². The van der Waals surface area contributed by atoms with Crippen LogP contribution >= 0.6 is 0 Å². The fourth-order valence-electron chi connectivity index (χ4n) is 5.33. The molecular formula is C37H53N9O11.